The van der Waals surface area contributed by atoms with Gasteiger partial charge in [-0.15, -0.1) is 0 Å². The van der Waals surface area contributed by atoms with Crippen LogP contribution in [0.5, 0.6) is 0 Å². The van der Waals surface area contributed by atoms with Gasteiger partial charge in [0.1, 0.15) is 0 Å². The summed E-state index contributed by atoms with van der Waals surface area (Å²) in [6.45, 7) is 5.88. The van der Waals surface area contributed by atoms with Crippen molar-refractivity contribution in [1.82, 2.24) is 15.1 Å². The first kappa shape index (κ1) is 14.7. The highest BCUT2D eigenvalue weighted by atomic mass is 35.5. The third kappa shape index (κ3) is 3.01. The predicted octanol–water partition coefficient (Wildman–Crippen LogP) is 2.89. The Bertz CT molecular complexity index is 514. The van der Waals surface area contributed by atoms with E-state index >= 15 is 0 Å². The van der Waals surface area contributed by atoms with E-state index in [0.29, 0.717) is 12.1 Å². The van der Waals surface area contributed by atoms with Crippen molar-refractivity contribution in [3.8, 4) is 0 Å². The molecule has 1 unspecified atom stereocenters. The summed E-state index contributed by atoms with van der Waals surface area (Å²) >= 11 is 6.30. The summed E-state index contributed by atoms with van der Waals surface area (Å²) in [6.07, 6.45) is 2.09. The zero-order chi connectivity index (χ0) is 14.8. The SMILES string of the molecule is CC(c1ccccc1Cl)N1CCC(N2CCNC2=O)CC1. The molecule has 4 nitrogen and oxygen atoms in total. The van der Waals surface area contributed by atoms with Gasteiger partial charge in [0.05, 0.1) is 0 Å². The van der Waals surface area contributed by atoms with E-state index in [1.807, 2.05) is 23.1 Å². The first-order valence-electron chi connectivity index (χ1n) is 7.70. The summed E-state index contributed by atoms with van der Waals surface area (Å²) in [5, 5.41) is 3.73. The molecular weight excluding hydrogens is 286 g/mol. The molecular formula is C16H22ClN3O. The summed E-state index contributed by atoms with van der Waals surface area (Å²) in [5.74, 6) is 0. The molecule has 21 heavy (non-hydrogen) atoms. The molecule has 1 atom stereocenters. The number of carbonyl (C=O) groups is 1. The number of likely N-dealkylation sites (tertiary alicyclic amines) is 1. The molecule has 2 fully saturated rings. The van der Waals surface area contributed by atoms with Crippen LogP contribution in [0.25, 0.3) is 0 Å². The Labute approximate surface area is 131 Å². The van der Waals surface area contributed by atoms with Crippen LogP contribution in [0.15, 0.2) is 24.3 Å². The fourth-order valence-electron chi connectivity index (χ4n) is 3.43. The molecule has 0 aromatic heterocycles. The molecule has 3 rings (SSSR count). The summed E-state index contributed by atoms with van der Waals surface area (Å²) in [5.41, 5.74) is 1.19. The van der Waals surface area contributed by atoms with Crippen molar-refractivity contribution in [3.05, 3.63) is 34.9 Å². The molecule has 0 spiro atoms. The minimum absolute atomic E-state index is 0.104. The number of urea groups is 1. The molecule has 0 radical (unpaired) electrons. The van der Waals surface area contributed by atoms with Gasteiger partial charge in [-0.25, -0.2) is 4.79 Å². The highest BCUT2D eigenvalue weighted by molar-refractivity contribution is 6.31. The number of nitrogens with one attached hydrogen (secondary N) is 1. The molecule has 0 bridgehead atoms. The van der Waals surface area contributed by atoms with E-state index in [2.05, 4.69) is 23.2 Å². The first-order valence-corrected chi connectivity index (χ1v) is 8.07. The van der Waals surface area contributed by atoms with Crippen molar-refractivity contribution >= 4 is 17.6 Å². The van der Waals surface area contributed by atoms with E-state index in [-0.39, 0.29) is 6.03 Å². The lowest BCUT2D eigenvalue weighted by molar-refractivity contribution is 0.112. The van der Waals surface area contributed by atoms with Crippen molar-refractivity contribution in [1.29, 1.82) is 0 Å². The summed E-state index contributed by atoms with van der Waals surface area (Å²) in [6, 6.07) is 8.89. The Kier molecular flexibility index (Phi) is 4.36. The number of nitrogens with zero attached hydrogens (tertiary/aromatic N) is 2. The summed E-state index contributed by atoms with van der Waals surface area (Å²) in [7, 11) is 0. The number of piperidine rings is 1. The zero-order valence-corrected chi connectivity index (χ0v) is 13.1. The number of rotatable bonds is 3. The maximum absolute atomic E-state index is 11.7. The fraction of sp³-hybridized carbons (Fsp3) is 0.562. The molecule has 0 saturated carbocycles. The Hall–Kier alpha value is -1.26. The maximum Gasteiger partial charge on any atom is 0.317 e. The number of hydrogen-bond donors (Lipinski definition) is 1. The second-order valence-electron chi connectivity index (χ2n) is 5.89. The normalized spacial score (nSPS) is 22.4. The van der Waals surface area contributed by atoms with Crippen LogP contribution < -0.4 is 5.32 Å². The Balaban J connectivity index is 1.60. The van der Waals surface area contributed by atoms with Crippen molar-refractivity contribution in [2.75, 3.05) is 26.2 Å². The second kappa shape index (κ2) is 6.24. The molecule has 0 aliphatic carbocycles. The molecule has 1 N–H and O–H groups in total. The van der Waals surface area contributed by atoms with Crippen molar-refractivity contribution in [2.24, 2.45) is 0 Å². The van der Waals surface area contributed by atoms with Gasteiger partial charge in [0.15, 0.2) is 0 Å². The van der Waals surface area contributed by atoms with Gasteiger partial charge in [-0.05, 0) is 31.4 Å². The van der Waals surface area contributed by atoms with Crippen LogP contribution in [0.4, 0.5) is 4.79 Å². The zero-order valence-electron chi connectivity index (χ0n) is 12.4. The number of amides is 2. The first-order chi connectivity index (χ1) is 10.2. The second-order valence-corrected chi connectivity index (χ2v) is 6.30. The molecule has 1 aromatic carbocycles. The van der Waals surface area contributed by atoms with E-state index in [4.69, 9.17) is 11.6 Å². The highest BCUT2D eigenvalue weighted by Crippen LogP contribution is 2.30. The number of benzene rings is 1. The molecule has 2 aliphatic heterocycles. The van der Waals surface area contributed by atoms with E-state index in [0.717, 1.165) is 44.0 Å². The molecule has 5 heteroatoms. The van der Waals surface area contributed by atoms with E-state index in [1.54, 1.807) is 0 Å². The maximum atomic E-state index is 11.7. The van der Waals surface area contributed by atoms with E-state index < -0.39 is 0 Å². The van der Waals surface area contributed by atoms with Crippen molar-refractivity contribution < 1.29 is 4.79 Å². The third-order valence-corrected chi connectivity index (χ3v) is 5.08. The van der Waals surface area contributed by atoms with Gasteiger partial charge in [0.25, 0.3) is 0 Å². The topological polar surface area (TPSA) is 35.6 Å². The smallest absolute Gasteiger partial charge is 0.317 e. The predicted molar refractivity (Wildman–Crippen MR) is 84.6 cm³/mol. The highest BCUT2D eigenvalue weighted by Gasteiger charge is 2.32. The fourth-order valence-corrected chi connectivity index (χ4v) is 3.72. The number of hydrogen-bond acceptors (Lipinski definition) is 2. The average Bonchev–Trinajstić information content (AvgIpc) is 2.93. The van der Waals surface area contributed by atoms with Crippen LogP contribution >= 0.6 is 11.6 Å². The molecule has 2 aliphatic rings. The Morgan fingerprint density at radius 1 is 1.24 bits per heavy atom. The van der Waals surface area contributed by atoms with Crippen LogP contribution in [0.2, 0.25) is 5.02 Å². The van der Waals surface area contributed by atoms with Gasteiger partial charge >= 0.3 is 6.03 Å². The Morgan fingerprint density at radius 3 is 2.57 bits per heavy atom. The molecule has 114 valence electrons. The summed E-state index contributed by atoms with van der Waals surface area (Å²) < 4.78 is 0. The monoisotopic (exact) mass is 307 g/mol. The van der Waals surface area contributed by atoms with Crippen LogP contribution in [-0.2, 0) is 0 Å². The van der Waals surface area contributed by atoms with E-state index in [9.17, 15) is 4.79 Å². The van der Waals surface area contributed by atoms with Crippen molar-refractivity contribution in [3.63, 3.8) is 0 Å². The molecule has 1 aromatic rings. The van der Waals surface area contributed by atoms with E-state index in [1.165, 1.54) is 5.56 Å². The van der Waals surface area contributed by atoms with Gasteiger partial charge in [0, 0.05) is 43.3 Å². The Morgan fingerprint density at radius 2 is 1.95 bits per heavy atom. The minimum atomic E-state index is 0.104. The van der Waals surface area contributed by atoms with Gasteiger partial charge < -0.3 is 10.2 Å². The van der Waals surface area contributed by atoms with Gasteiger partial charge in [-0.1, -0.05) is 29.8 Å². The van der Waals surface area contributed by atoms with Crippen LogP contribution in [0.3, 0.4) is 0 Å². The minimum Gasteiger partial charge on any atom is -0.336 e. The van der Waals surface area contributed by atoms with Crippen LogP contribution in [-0.4, -0.2) is 48.1 Å². The lowest BCUT2D eigenvalue weighted by Gasteiger charge is -2.39. The quantitative estimate of drug-likeness (QED) is 0.932. The van der Waals surface area contributed by atoms with Gasteiger partial charge in [0.2, 0.25) is 0 Å². The third-order valence-electron chi connectivity index (χ3n) is 4.73. The lowest BCUT2D eigenvalue weighted by Crippen LogP contribution is -2.46. The van der Waals surface area contributed by atoms with Crippen LogP contribution in [0, 0.1) is 0 Å². The number of carbonyl (C=O) groups excluding carboxylic acids is 1. The largest absolute Gasteiger partial charge is 0.336 e. The average molecular weight is 308 g/mol. The van der Waals surface area contributed by atoms with Gasteiger partial charge in [-0.3, -0.25) is 4.90 Å². The molecule has 2 heterocycles. The standard InChI is InChI=1S/C16H22ClN3O/c1-12(14-4-2-3-5-15(14)17)19-9-6-13(7-10-19)20-11-8-18-16(20)21/h2-5,12-13H,6-11H2,1H3,(H,18,21). The molecule has 2 saturated heterocycles. The molecule has 2 amide bonds. The van der Waals surface area contributed by atoms with Crippen molar-refractivity contribution in [2.45, 2.75) is 31.8 Å². The summed E-state index contributed by atoms with van der Waals surface area (Å²) in [4.78, 5) is 16.2. The van der Waals surface area contributed by atoms with Crippen LogP contribution in [0.1, 0.15) is 31.4 Å². The number of halogens is 1. The lowest BCUT2D eigenvalue weighted by atomic mass is 9.99. The van der Waals surface area contributed by atoms with Gasteiger partial charge in [-0.2, -0.15) is 0 Å².